The van der Waals surface area contributed by atoms with Crippen molar-refractivity contribution in [1.29, 1.82) is 0 Å². The monoisotopic (exact) mass is 129 g/mol. The summed E-state index contributed by atoms with van der Waals surface area (Å²) < 4.78 is 0. The van der Waals surface area contributed by atoms with Crippen LogP contribution in [0.2, 0.25) is 0 Å². The van der Waals surface area contributed by atoms with Crippen LogP contribution in [0.4, 0.5) is 0 Å². The fourth-order valence-corrected chi connectivity index (χ4v) is 0.884. The van der Waals surface area contributed by atoms with Crippen molar-refractivity contribution in [3.8, 4) is 0 Å². The van der Waals surface area contributed by atoms with Crippen LogP contribution in [0.25, 0.3) is 0 Å². The fraction of sp³-hybridized carbons (Fsp3) is 0.857. The molecule has 0 aliphatic heterocycles. The average Bonchev–Trinajstić information content (AvgIpc) is 1.65. The zero-order valence-corrected chi connectivity index (χ0v) is 6.18. The standard InChI is InChI=1S/C6H12.CH3NO/c1-6(2)4-3-5-6;2-1-3/h3-5H2,1-2H3;1H,(H2,2,3). The van der Waals surface area contributed by atoms with Crippen LogP contribution >= 0.6 is 0 Å². The van der Waals surface area contributed by atoms with Crippen molar-refractivity contribution < 1.29 is 4.79 Å². The van der Waals surface area contributed by atoms with Crippen molar-refractivity contribution in [3.63, 3.8) is 0 Å². The number of rotatable bonds is 0. The van der Waals surface area contributed by atoms with Crippen LogP contribution in [-0.2, 0) is 4.79 Å². The molecule has 1 aliphatic carbocycles. The van der Waals surface area contributed by atoms with E-state index in [-0.39, 0.29) is 6.41 Å². The minimum Gasteiger partial charge on any atom is -0.372 e. The van der Waals surface area contributed by atoms with E-state index in [1.807, 2.05) is 0 Å². The molecule has 0 heterocycles. The fourth-order valence-electron chi connectivity index (χ4n) is 0.884. The van der Waals surface area contributed by atoms with Crippen LogP contribution in [0, 0.1) is 5.41 Å². The number of nitrogens with two attached hydrogens (primary N) is 1. The number of primary amides is 1. The van der Waals surface area contributed by atoms with E-state index in [0.29, 0.717) is 0 Å². The maximum Gasteiger partial charge on any atom is 0.204 e. The summed E-state index contributed by atoms with van der Waals surface area (Å²) >= 11 is 0. The van der Waals surface area contributed by atoms with Gasteiger partial charge in [0.05, 0.1) is 0 Å². The van der Waals surface area contributed by atoms with Gasteiger partial charge in [-0.3, -0.25) is 4.79 Å². The molecule has 0 radical (unpaired) electrons. The largest absolute Gasteiger partial charge is 0.372 e. The van der Waals surface area contributed by atoms with E-state index < -0.39 is 0 Å². The Hall–Kier alpha value is -0.530. The van der Waals surface area contributed by atoms with Crippen molar-refractivity contribution >= 4 is 6.41 Å². The van der Waals surface area contributed by atoms with Crippen molar-refractivity contribution in [2.24, 2.45) is 11.1 Å². The molecule has 0 saturated heterocycles. The van der Waals surface area contributed by atoms with E-state index in [9.17, 15) is 0 Å². The second kappa shape index (κ2) is 3.49. The summed E-state index contributed by atoms with van der Waals surface area (Å²) in [5, 5.41) is 0. The Balaban J connectivity index is 0.000000187. The number of carbonyl (C=O) groups is 1. The van der Waals surface area contributed by atoms with Crippen molar-refractivity contribution in [3.05, 3.63) is 0 Å². The first-order valence-electron chi connectivity index (χ1n) is 3.28. The van der Waals surface area contributed by atoms with Gasteiger partial charge in [-0.05, 0) is 18.3 Å². The van der Waals surface area contributed by atoms with Gasteiger partial charge in [0.2, 0.25) is 6.41 Å². The molecule has 1 saturated carbocycles. The van der Waals surface area contributed by atoms with Crippen LogP contribution in [0.1, 0.15) is 33.1 Å². The molecule has 1 amide bonds. The highest BCUT2D eigenvalue weighted by Gasteiger charge is 2.24. The number of carbonyl (C=O) groups excluding carboxylic acids is 1. The first-order chi connectivity index (χ1) is 4.12. The lowest BCUT2D eigenvalue weighted by molar-refractivity contribution is -0.106. The molecule has 1 fully saturated rings. The molecule has 0 atom stereocenters. The van der Waals surface area contributed by atoms with E-state index in [1.165, 1.54) is 19.3 Å². The summed E-state index contributed by atoms with van der Waals surface area (Å²) in [5.74, 6) is 0. The van der Waals surface area contributed by atoms with Gasteiger partial charge in [-0.25, -0.2) is 0 Å². The Bertz CT molecular complexity index is 82.9. The highest BCUT2D eigenvalue weighted by Crippen LogP contribution is 2.38. The molecule has 0 bridgehead atoms. The maximum absolute atomic E-state index is 8.58. The van der Waals surface area contributed by atoms with E-state index in [1.54, 1.807) is 0 Å². The number of amides is 1. The van der Waals surface area contributed by atoms with Crippen LogP contribution in [0.15, 0.2) is 0 Å². The molecule has 54 valence electrons. The molecule has 1 aliphatic rings. The molecule has 2 heteroatoms. The van der Waals surface area contributed by atoms with Gasteiger partial charge in [-0.15, -0.1) is 0 Å². The predicted octanol–water partition coefficient (Wildman–Crippen LogP) is 1.30. The number of hydrogen-bond acceptors (Lipinski definition) is 1. The highest BCUT2D eigenvalue weighted by atomic mass is 16.1. The van der Waals surface area contributed by atoms with Crippen LogP contribution < -0.4 is 5.73 Å². The SMILES string of the molecule is CC1(C)CCC1.NC=O. The van der Waals surface area contributed by atoms with Crippen molar-refractivity contribution in [2.75, 3.05) is 0 Å². The first kappa shape index (κ1) is 8.47. The first-order valence-corrected chi connectivity index (χ1v) is 3.28. The molecule has 0 spiro atoms. The minimum atomic E-state index is 0.250. The lowest BCUT2D eigenvalue weighted by Crippen LogP contribution is -2.20. The molecular weight excluding hydrogens is 114 g/mol. The number of hydrogen-bond donors (Lipinski definition) is 1. The van der Waals surface area contributed by atoms with E-state index in [2.05, 4.69) is 19.6 Å². The van der Waals surface area contributed by atoms with Crippen molar-refractivity contribution in [2.45, 2.75) is 33.1 Å². The molecule has 9 heavy (non-hydrogen) atoms. The highest BCUT2D eigenvalue weighted by molar-refractivity contribution is 5.42. The van der Waals surface area contributed by atoms with Gasteiger partial charge in [0, 0.05) is 0 Å². The molecule has 0 aromatic carbocycles. The zero-order valence-electron chi connectivity index (χ0n) is 6.18. The van der Waals surface area contributed by atoms with E-state index >= 15 is 0 Å². The Labute approximate surface area is 56.4 Å². The minimum absolute atomic E-state index is 0.250. The van der Waals surface area contributed by atoms with Gasteiger partial charge in [-0.2, -0.15) is 0 Å². The molecule has 0 aromatic rings. The zero-order chi connectivity index (χ0) is 7.33. The Morgan fingerprint density at radius 1 is 1.44 bits per heavy atom. The van der Waals surface area contributed by atoms with E-state index in [0.717, 1.165) is 5.41 Å². The average molecular weight is 129 g/mol. The van der Waals surface area contributed by atoms with Crippen LogP contribution in [-0.4, -0.2) is 6.41 Å². The Kier molecular flexibility index (Phi) is 3.28. The molecule has 2 nitrogen and oxygen atoms in total. The maximum atomic E-state index is 8.58. The lowest BCUT2D eigenvalue weighted by Gasteiger charge is -2.33. The summed E-state index contributed by atoms with van der Waals surface area (Å²) in [4.78, 5) is 8.58. The van der Waals surface area contributed by atoms with Crippen molar-refractivity contribution in [1.82, 2.24) is 0 Å². The van der Waals surface area contributed by atoms with Crippen LogP contribution in [0.5, 0.6) is 0 Å². The van der Waals surface area contributed by atoms with Gasteiger partial charge in [0.25, 0.3) is 0 Å². The summed E-state index contributed by atoms with van der Waals surface area (Å²) in [5.41, 5.74) is 4.89. The van der Waals surface area contributed by atoms with Crippen LogP contribution in [0.3, 0.4) is 0 Å². The third-order valence-electron chi connectivity index (χ3n) is 1.71. The van der Waals surface area contributed by atoms with Gasteiger partial charge in [-0.1, -0.05) is 20.3 Å². The summed E-state index contributed by atoms with van der Waals surface area (Å²) in [6, 6.07) is 0. The summed E-state index contributed by atoms with van der Waals surface area (Å²) in [6.45, 7) is 4.66. The third-order valence-corrected chi connectivity index (χ3v) is 1.71. The lowest BCUT2D eigenvalue weighted by atomic mass is 9.72. The topological polar surface area (TPSA) is 43.1 Å². The third kappa shape index (κ3) is 4.01. The molecule has 0 aromatic heterocycles. The Morgan fingerprint density at radius 3 is 1.67 bits per heavy atom. The summed E-state index contributed by atoms with van der Waals surface area (Å²) in [7, 11) is 0. The quantitative estimate of drug-likeness (QED) is 0.492. The van der Waals surface area contributed by atoms with E-state index in [4.69, 9.17) is 4.79 Å². The normalized spacial score (nSPS) is 20.7. The second-order valence-electron chi connectivity index (χ2n) is 3.15. The van der Waals surface area contributed by atoms with Gasteiger partial charge in [0.15, 0.2) is 0 Å². The molecular formula is C7H15NO. The predicted molar refractivity (Wildman–Crippen MR) is 37.9 cm³/mol. The smallest absolute Gasteiger partial charge is 0.204 e. The van der Waals surface area contributed by atoms with Gasteiger partial charge < -0.3 is 5.73 Å². The molecule has 2 N–H and O–H groups in total. The second-order valence-corrected chi connectivity index (χ2v) is 3.15. The molecule has 0 unspecified atom stereocenters. The Morgan fingerprint density at radius 2 is 1.67 bits per heavy atom. The van der Waals surface area contributed by atoms with Gasteiger partial charge in [0.1, 0.15) is 0 Å². The molecule has 1 rings (SSSR count). The van der Waals surface area contributed by atoms with Gasteiger partial charge >= 0.3 is 0 Å². The summed E-state index contributed by atoms with van der Waals surface area (Å²) in [6.07, 6.45) is 4.62.